The predicted molar refractivity (Wildman–Crippen MR) is 103 cm³/mol. The molecule has 0 atom stereocenters. The normalized spacial score (nSPS) is 16.6. The van der Waals surface area contributed by atoms with Crippen LogP contribution in [0.4, 0.5) is 4.39 Å². The number of benzene rings is 1. The Morgan fingerprint density at radius 3 is 3.04 bits per heavy atom. The Bertz CT molecular complexity index is 635. The highest BCUT2D eigenvalue weighted by Gasteiger charge is 2.20. The Kier molecular flexibility index (Phi) is 7.71. The molecule has 3 rings (SSSR count). The van der Waals surface area contributed by atoms with Crippen molar-refractivity contribution >= 4 is 5.96 Å². The van der Waals surface area contributed by atoms with Gasteiger partial charge in [-0.1, -0.05) is 0 Å². The Hall–Kier alpha value is -1.86. The van der Waals surface area contributed by atoms with Crippen molar-refractivity contribution in [3.8, 4) is 5.75 Å². The van der Waals surface area contributed by atoms with Gasteiger partial charge >= 0.3 is 0 Å². The molecule has 1 aliphatic carbocycles. The summed E-state index contributed by atoms with van der Waals surface area (Å²) in [6.45, 7) is 6.44. The second kappa shape index (κ2) is 10.5. The number of nitrogens with zero attached hydrogens (tertiary/aromatic N) is 1. The van der Waals surface area contributed by atoms with Crippen LogP contribution in [-0.4, -0.2) is 45.6 Å². The molecule has 0 radical (unpaired) electrons. The molecule has 0 amide bonds. The van der Waals surface area contributed by atoms with Crippen LogP contribution in [0, 0.1) is 11.7 Å². The summed E-state index contributed by atoms with van der Waals surface area (Å²) in [5, 5.41) is 6.54. The van der Waals surface area contributed by atoms with Gasteiger partial charge in [-0.3, -0.25) is 4.99 Å². The fourth-order valence-electron chi connectivity index (χ4n) is 2.99. The number of rotatable bonds is 10. The fourth-order valence-corrected chi connectivity index (χ4v) is 2.99. The van der Waals surface area contributed by atoms with Gasteiger partial charge < -0.3 is 24.8 Å². The number of nitrogens with one attached hydrogen (secondary N) is 2. The van der Waals surface area contributed by atoms with E-state index in [-0.39, 0.29) is 12.6 Å². The van der Waals surface area contributed by atoms with Crippen molar-refractivity contribution in [2.75, 3.05) is 39.6 Å². The molecule has 150 valence electrons. The van der Waals surface area contributed by atoms with E-state index < -0.39 is 0 Å². The van der Waals surface area contributed by atoms with E-state index in [0.717, 1.165) is 61.5 Å². The van der Waals surface area contributed by atoms with Gasteiger partial charge in [0.05, 0.1) is 6.61 Å². The van der Waals surface area contributed by atoms with E-state index in [1.165, 1.54) is 25.0 Å². The number of aliphatic imine (C=N–C) groups is 1. The van der Waals surface area contributed by atoms with E-state index in [9.17, 15) is 4.39 Å². The third-order valence-electron chi connectivity index (χ3n) is 4.55. The summed E-state index contributed by atoms with van der Waals surface area (Å²) >= 11 is 0. The lowest BCUT2D eigenvalue weighted by atomic mass is 10.1. The summed E-state index contributed by atoms with van der Waals surface area (Å²) in [4.78, 5) is 4.57. The van der Waals surface area contributed by atoms with Gasteiger partial charge in [-0.25, -0.2) is 4.39 Å². The number of hydrogen-bond donors (Lipinski definition) is 2. The van der Waals surface area contributed by atoms with Crippen molar-refractivity contribution in [2.45, 2.75) is 39.2 Å². The monoisotopic (exact) mass is 379 g/mol. The van der Waals surface area contributed by atoms with Gasteiger partial charge in [0.15, 0.2) is 12.8 Å². The summed E-state index contributed by atoms with van der Waals surface area (Å²) in [6.07, 6.45) is 4.20. The quantitative estimate of drug-likeness (QED) is 0.372. The van der Waals surface area contributed by atoms with E-state index in [2.05, 4.69) is 15.6 Å². The third-order valence-corrected chi connectivity index (χ3v) is 4.55. The standard InChI is InChI=1S/C20H30FN3O3/c1-2-22-20(23-7-3-9-25-12-15-4-5-15)24-8-6-16-10-18(21)11-17-13-26-14-27-19(16)17/h10-11,15H,2-9,12-14H2,1H3,(H2,22,23,24). The minimum atomic E-state index is -0.260. The molecule has 0 aromatic heterocycles. The van der Waals surface area contributed by atoms with E-state index in [1.807, 2.05) is 6.92 Å². The van der Waals surface area contributed by atoms with Crippen LogP contribution in [-0.2, 0) is 22.5 Å². The SMILES string of the molecule is CCNC(=NCCCOCC1CC1)NCCc1cc(F)cc2c1OCOC2. The molecule has 2 aliphatic rings. The van der Waals surface area contributed by atoms with Crippen molar-refractivity contribution in [3.63, 3.8) is 0 Å². The second-order valence-corrected chi connectivity index (χ2v) is 6.97. The molecule has 1 aromatic carbocycles. The first-order valence-electron chi connectivity index (χ1n) is 9.88. The van der Waals surface area contributed by atoms with Crippen molar-refractivity contribution < 1.29 is 18.6 Å². The van der Waals surface area contributed by atoms with Crippen LogP contribution in [0.3, 0.4) is 0 Å². The maximum absolute atomic E-state index is 13.8. The van der Waals surface area contributed by atoms with E-state index in [0.29, 0.717) is 19.6 Å². The van der Waals surface area contributed by atoms with Crippen molar-refractivity contribution in [1.82, 2.24) is 10.6 Å². The third kappa shape index (κ3) is 6.66. The molecule has 0 unspecified atom stereocenters. The van der Waals surface area contributed by atoms with Gasteiger partial charge in [-0.15, -0.1) is 0 Å². The molecule has 0 spiro atoms. The Balaban J connectivity index is 1.43. The van der Waals surface area contributed by atoms with Gasteiger partial charge in [-0.05, 0) is 56.2 Å². The first kappa shape index (κ1) is 19.9. The minimum absolute atomic E-state index is 0.214. The molecule has 1 aromatic rings. The number of ether oxygens (including phenoxy) is 3. The summed E-state index contributed by atoms with van der Waals surface area (Å²) in [7, 11) is 0. The van der Waals surface area contributed by atoms with Crippen LogP contribution in [0.5, 0.6) is 5.75 Å². The summed E-state index contributed by atoms with van der Waals surface area (Å²) in [5.41, 5.74) is 1.62. The molecule has 27 heavy (non-hydrogen) atoms. The van der Waals surface area contributed by atoms with Crippen molar-refractivity contribution in [3.05, 3.63) is 29.1 Å². The molecule has 6 nitrogen and oxygen atoms in total. The van der Waals surface area contributed by atoms with Crippen LogP contribution >= 0.6 is 0 Å². The lowest BCUT2D eigenvalue weighted by Crippen LogP contribution is -2.38. The molecule has 0 saturated heterocycles. The molecule has 0 bridgehead atoms. The zero-order valence-corrected chi connectivity index (χ0v) is 16.1. The number of fused-ring (bicyclic) bond motifs is 1. The maximum atomic E-state index is 13.8. The van der Waals surface area contributed by atoms with Gasteiger partial charge in [-0.2, -0.15) is 0 Å². The van der Waals surface area contributed by atoms with Crippen LogP contribution < -0.4 is 15.4 Å². The molecule has 2 N–H and O–H groups in total. The average Bonchev–Trinajstić information content (AvgIpc) is 3.48. The highest BCUT2D eigenvalue weighted by atomic mass is 19.1. The van der Waals surface area contributed by atoms with Crippen molar-refractivity contribution in [1.29, 1.82) is 0 Å². The molecule has 1 heterocycles. The molecule has 1 saturated carbocycles. The minimum Gasteiger partial charge on any atom is -0.467 e. The first-order valence-corrected chi connectivity index (χ1v) is 9.88. The highest BCUT2D eigenvalue weighted by Crippen LogP contribution is 2.30. The molecule has 1 aliphatic heterocycles. The average molecular weight is 379 g/mol. The van der Waals surface area contributed by atoms with Crippen LogP contribution in [0.15, 0.2) is 17.1 Å². The zero-order chi connectivity index (χ0) is 18.9. The van der Waals surface area contributed by atoms with E-state index in [1.54, 1.807) is 0 Å². The molecular weight excluding hydrogens is 349 g/mol. The smallest absolute Gasteiger partial charge is 0.191 e. The van der Waals surface area contributed by atoms with Gasteiger partial charge in [0, 0.05) is 38.4 Å². The van der Waals surface area contributed by atoms with Crippen LogP contribution in [0.25, 0.3) is 0 Å². The van der Waals surface area contributed by atoms with Crippen LogP contribution in [0.1, 0.15) is 37.3 Å². The molecule has 1 fully saturated rings. The summed E-state index contributed by atoms with van der Waals surface area (Å²) in [6, 6.07) is 3.01. The fraction of sp³-hybridized carbons (Fsp3) is 0.650. The largest absolute Gasteiger partial charge is 0.467 e. The highest BCUT2D eigenvalue weighted by molar-refractivity contribution is 5.79. The van der Waals surface area contributed by atoms with Gasteiger partial charge in [0.1, 0.15) is 11.6 Å². The number of guanidine groups is 1. The predicted octanol–water partition coefficient (Wildman–Crippen LogP) is 2.61. The van der Waals surface area contributed by atoms with E-state index in [4.69, 9.17) is 14.2 Å². The lowest BCUT2D eigenvalue weighted by Gasteiger charge is -2.21. The van der Waals surface area contributed by atoms with Crippen molar-refractivity contribution in [2.24, 2.45) is 10.9 Å². The second-order valence-electron chi connectivity index (χ2n) is 6.97. The Morgan fingerprint density at radius 1 is 1.33 bits per heavy atom. The first-order chi connectivity index (χ1) is 13.3. The molecule has 7 heteroatoms. The zero-order valence-electron chi connectivity index (χ0n) is 16.1. The van der Waals surface area contributed by atoms with Crippen LogP contribution in [0.2, 0.25) is 0 Å². The lowest BCUT2D eigenvalue weighted by molar-refractivity contribution is -0.0172. The summed E-state index contributed by atoms with van der Waals surface area (Å²) in [5.74, 6) is 2.06. The topological polar surface area (TPSA) is 64.1 Å². The van der Waals surface area contributed by atoms with Gasteiger partial charge in [0.2, 0.25) is 0 Å². The molecular formula is C20H30FN3O3. The Morgan fingerprint density at radius 2 is 2.22 bits per heavy atom. The maximum Gasteiger partial charge on any atom is 0.191 e. The number of hydrogen-bond acceptors (Lipinski definition) is 4. The number of halogens is 1. The Labute approximate surface area is 160 Å². The van der Waals surface area contributed by atoms with E-state index >= 15 is 0 Å². The van der Waals surface area contributed by atoms with Gasteiger partial charge in [0.25, 0.3) is 0 Å². The summed E-state index contributed by atoms with van der Waals surface area (Å²) < 4.78 is 30.2.